The topological polar surface area (TPSA) is 88.3 Å². The van der Waals surface area contributed by atoms with Gasteiger partial charge in [-0.2, -0.15) is 0 Å². The summed E-state index contributed by atoms with van der Waals surface area (Å²) in [5.74, 6) is -1.65. The van der Waals surface area contributed by atoms with Crippen LogP contribution in [-0.4, -0.2) is 50.0 Å². The molecule has 0 radical (unpaired) electrons. The van der Waals surface area contributed by atoms with Gasteiger partial charge in [0, 0.05) is 13.1 Å². The minimum Gasteiger partial charge on any atom is -0.481 e. The summed E-state index contributed by atoms with van der Waals surface area (Å²) in [7, 11) is 0. The number of hydrogen-bond donors (Lipinski definition) is 1. The first-order valence-corrected chi connectivity index (χ1v) is 9.15. The molecular weight excluding hydrogens is 356 g/mol. The van der Waals surface area contributed by atoms with Crippen LogP contribution < -0.4 is 0 Å². The van der Waals surface area contributed by atoms with Gasteiger partial charge in [0.1, 0.15) is 0 Å². The first-order chi connectivity index (χ1) is 13.5. The average Bonchev–Trinajstić information content (AvgIpc) is 3.36. The molecule has 7 nitrogen and oxygen atoms in total. The lowest BCUT2D eigenvalue weighted by Crippen LogP contribution is -2.30. The molecule has 0 aliphatic carbocycles. The second kappa shape index (κ2) is 7.26. The van der Waals surface area contributed by atoms with Crippen molar-refractivity contribution in [3.63, 3.8) is 0 Å². The van der Waals surface area contributed by atoms with Gasteiger partial charge in [0.05, 0.1) is 17.3 Å². The predicted octanol–water partition coefficient (Wildman–Crippen LogP) is 2.79. The first kappa shape index (κ1) is 17.9. The summed E-state index contributed by atoms with van der Waals surface area (Å²) >= 11 is 0. The van der Waals surface area contributed by atoms with Crippen LogP contribution in [0.3, 0.4) is 0 Å². The molecule has 2 aromatic carbocycles. The fourth-order valence-corrected chi connectivity index (χ4v) is 3.49. The summed E-state index contributed by atoms with van der Waals surface area (Å²) in [6.07, 6.45) is 0.467. The van der Waals surface area contributed by atoms with Crippen LogP contribution in [-0.2, 0) is 4.79 Å². The molecule has 0 saturated carbocycles. The van der Waals surface area contributed by atoms with E-state index >= 15 is 0 Å². The zero-order chi connectivity index (χ0) is 19.7. The molecule has 1 aliphatic heterocycles. The molecule has 4 rings (SSSR count). The van der Waals surface area contributed by atoms with Crippen LogP contribution in [0, 0.1) is 12.8 Å². The minimum atomic E-state index is -0.866. The van der Waals surface area contributed by atoms with Gasteiger partial charge in [-0.1, -0.05) is 47.7 Å². The lowest BCUT2D eigenvalue weighted by molar-refractivity contribution is -0.141. The standard InChI is InChI=1S/C21H20N4O3/c1-14-19(20(26)24-12-11-17(13-24)21(27)28)22-23-25(14)18-9-7-16(8-10-18)15-5-3-2-4-6-15/h2-10,17H,11-13H2,1H3,(H,27,28)/t17-/m1/s1. The van der Waals surface area contributed by atoms with Crippen molar-refractivity contribution in [2.24, 2.45) is 5.92 Å². The summed E-state index contributed by atoms with van der Waals surface area (Å²) in [5.41, 5.74) is 3.93. The highest BCUT2D eigenvalue weighted by Gasteiger charge is 2.33. The number of rotatable bonds is 4. The highest BCUT2D eigenvalue weighted by molar-refractivity contribution is 5.94. The van der Waals surface area contributed by atoms with Crippen molar-refractivity contribution in [3.05, 3.63) is 66.0 Å². The third kappa shape index (κ3) is 3.26. The number of aliphatic carboxylic acids is 1. The van der Waals surface area contributed by atoms with Gasteiger partial charge >= 0.3 is 5.97 Å². The van der Waals surface area contributed by atoms with Crippen molar-refractivity contribution in [2.45, 2.75) is 13.3 Å². The van der Waals surface area contributed by atoms with Gasteiger partial charge in [0.2, 0.25) is 0 Å². The normalized spacial score (nSPS) is 16.3. The maximum atomic E-state index is 12.7. The average molecular weight is 376 g/mol. The number of hydrogen-bond acceptors (Lipinski definition) is 4. The largest absolute Gasteiger partial charge is 0.481 e. The van der Waals surface area contributed by atoms with Gasteiger partial charge in [-0.3, -0.25) is 9.59 Å². The van der Waals surface area contributed by atoms with Crippen molar-refractivity contribution in [1.29, 1.82) is 0 Å². The second-order valence-electron chi connectivity index (χ2n) is 6.92. The number of amides is 1. The third-order valence-corrected chi connectivity index (χ3v) is 5.14. The van der Waals surface area contributed by atoms with Gasteiger partial charge in [-0.25, -0.2) is 4.68 Å². The molecule has 1 fully saturated rings. The Morgan fingerprint density at radius 1 is 1.04 bits per heavy atom. The van der Waals surface area contributed by atoms with Crippen molar-refractivity contribution >= 4 is 11.9 Å². The highest BCUT2D eigenvalue weighted by atomic mass is 16.4. The van der Waals surface area contributed by atoms with Crippen LogP contribution in [0.4, 0.5) is 0 Å². The second-order valence-corrected chi connectivity index (χ2v) is 6.92. The molecule has 3 aromatic rings. The fourth-order valence-electron chi connectivity index (χ4n) is 3.49. The quantitative estimate of drug-likeness (QED) is 0.756. The Morgan fingerprint density at radius 2 is 1.71 bits per heavy atom. The first-order valence-electron chi connectivity index (χ1n) is 9.15. The zero-order valence-corrected chi connectivity index (χ0v) is 15.4. The molecular formula is C21H20N4O3. The number of benzene rings is 2. The Hall–Kier alpha value is -3.48. The number of aromatic nitrogens is 3. The Morgan fingerprint density at radius 3 is 2.36 bits per heavy atom. The van der Waals surface area contributed by atoms with E-state index in [0.29, 0.717) is 18.7 Å². The van der Waals surface area contributed by atoms with E-state index in [9.17, 15) is 9.59 Å². The molecule has 142 valence electrons. The fraction of sp³-hybridized carbons (Fsp3) is 0.238. The van der Waals surface area contributed by atoms with E-state index in [0.717, 1.165) is 16.8 Å². The predicted molar refractivity (Wildman–Crippen MR) is 103 cm³/mol. The molecule has 7 heteroatoms. The Balaban J connectivity index is 1.55. The number of nitrogens with zero attached hydrogens (tertiary/aromatic N) is 4. The number of carboxylic acids is 1. The van der Waals surface area contributed by atoms with Gasteiger partial charge in [0.15, 0.2) is 5.69 Å². The molecule has 1 amide bonds. The van der Waals surface area contributed by atoms with Crippen LogP contribution >= 0.6 is 0 Å². The van der Waals surface area contributed by atoms with Crippen molar-refractivity contribution in [1.82, 2.24) is 19.9 Å². The highest BCUT2D eigenvalue weighted by Crippen LogP contribution is 2.23. The number of carboxylic acid groups (broad SMARTS) is 1. The molecule has 1 aliphatic rings. The van der Waals surface area contributed by atoms with E-state index in [-0.39, 0.29) is 18.1 Å². The van der Waals surface area contributed by atoms with Gasteiger partial charge < -0.3 is 10.0 Å². The summed E-state index contributed by atoms with van der Waals surface area (Å²) in [6.45, 7) is 2.43. The summed E-state index contributed by atoms with van der Waals surface area (Å²) < 4.78 is 1.63. The van der Waals surface area contributed by atoms with Gasteiger partial charge in [-0.15, -0.1) is 5.10 Å². The van der Waals surface area contributed by atoms with Crippen molar-refractivity contribution in [3.8, 4) is 16.8 Å². The van der Waals surface area contributed by atoms with E-state index in [1.165, 1.54) is 0 Å². The van der Waals surface area contributed by atoms with Crippen LogP contribution in [0.1, 0.15) is 22.6 Å². The molecule has 2 heterocycles. The number of carbonyl (C=O) groups excluding carboxylic acids is 1. The van der Waals surface area contributed by atoms with E-state index in [2.05, 4.69) is 10.3 Å². The maximum absolute atomic E-state index is 12.7. The molecule has 1 atom stereocenters. The SMILES string of the molecule is Cc1c(C(=O)N2CC[C@@H](C(=O)O)C2)nnn1-c1ccc(-c2ccccc2)cc1. The molecule has 28 heavy (non-hydrogen) atoms. The van der Waals surface area contributed by atoms with E-state index < -0.39 is 11.9 Å². The summed E-state index contributed by atoms with van der Waals surface area (Å²) in [4.78, 5) is 25.4. The van der Waals surface area contributed by atoms with E-state index in [4.69, 9.17) is 5.11 Å². The smallest absolute Gasteiger partial charge is 0.308 e. The summed E-state index contributed by atoms with van der Waals surface area (Å²) in [5, 5.41) is 17.3. The van der Waals surface area contributed by atoms with Crippen molar-refractivity contribution < 1.29 is 14.7 Å². The van der Waals surface area contributed by atoms with Crippen LogP contribution in [0.25, 0.3) is 16.8 Å². The zero-order valence-electron chi connectivity index (χ0n) is 15.4. The van der Waals surface area contributed by atoms with Gasteiger partial charge in [-0.05, 0) is 36.6 Å². The van der Waals surface area contributed by atoms with Crippen LogP contribution in [0.5, 0.6) is 0 Å². The molecule has 0 spiro atoms. The molecule has 0 unspecified atom stereocenters. The van der Waals surface area contributed by atoms with E-state index in [1.54, 1.807) is 16.5 Å². The van der Waals surface area contributed by atoms with Gasteiger partial charge in [0.25, 0.3) is 5.91 Å². The number of carbonyl (C=O) groups is 2. The monoisotopic (exact) mass is 376 g/mol. The molecule has 1 saturated heterocycles. The minimum absolute atomic E-state index is 0.215. The Labute approximate surface area is 162 Å². The van der Waals surface area contributed by atoms with Crippen molar-refractivity contribution in [2.75, 3.05) is 13.1 Å². The lowest BCUT2D eigenvalue weighted by atomic mass is 10.1. The van der Waals surface area contributed by atoms with E-state index in [1.807, 2.05) is 54.6 Å². The molecule has 1 N–H and O–H groups in total. The molecule has 1 aromatic heterocycles. The Bertz CT molecular complexity index is 1010. The van der Waals surface area contributed by atoms with Crippen LogP contribution in [0.15, 0.2) is 54.6 Å². The Kier molecular flexibility index (Phi) is 4.65. The lowest BCUT2D eigenvalue weighted by Gasteiger charge is -2.14. The molecule has 0 bridgehead atoms. The maximum Gasteiger partial charge on any atom is 0.308 e. The third-order valence-electron chi connectivity index (χ3n) is 5.14. The summed E-state index contributed by atoms with van der Waals surface area (Å²) in [6, 6.07) is 18.0. The number of likely N-dealkylation sites (tertiary alicyclic amines) is 1. The van der Waals surface area contributed by atoms with Crippen LogP contribution in [0.2, 0.25) is 0 Å².